The van der Waals surface area contributed by atoms with Crippen molar-refractivity contribution in [2.45, 2.75) is 52.5 Å². The molecule has 8 heteroatoms. The molecule has 0 spiro atoms. The first kappa shape index (κ1) is 16.4. The van der Waals surface area contributed by atoms with Crippen LogP contribution in [0.4, 0.5) is 9.93 Å². The van der Waals surface area contributed by atoms with Gasteiger partial charge in [-0.15, -0.1) is 0 Å². The summed E-state index contributed by atoms with van der Waals surface area (Å²) in [6, 6.07) is -0.482. The molecule has 1 fully saturated rings. The number of aliphatic hydroxyl groups excluding tert-OH is 2. The van der Waals surface area contributed by atoms with Crippen molar-refractivity contribution in [3.63, 3.8) is 0 Å². The Morgan fingerprint density at radius 2 is 1.96 bits per heavy atom. The van der Waals surface area contributed by atoms with Crippen LogP contribution in [0.25, 0.3) is 0 Å². The number of rotatable bonds is 3. The highest BCUT2D eigenvalue weighted by atomic mass is 32.1. The summed E-state index contributed by atoms with van der Waals surface area (Å²) in [6.07, 6.45) is -0.878. The van der Waals surface area contributed by atoms with Crippen LogP contribution in [-0.2, 0) is 6.42 Å². The van der Waals surface area contributed by atoms with Crippen LogP contribution in [0.2, 0.25) is 0 Å². The number of aromatic nitrogens is 1. The quantitative estimate of drug-likeness (QED) is 0.872. The van der Waals surface area contributed by atoms with Gasteiger partial charge in [-0.05, 0) is 18.3 Å². The SMILES string of the molecule is CCCN1C(=O)N(c2nc3c(s2)C(=O)CC(C)(C)C3)C(O)C1O. The zero-order valence-electron chi connectivity index (χ0n) is 13.4. The van der Waals surface area contributed by atoms with E-state index in [1.165, 1.54) is 4.90 Å². The lowest BCUT2D eigenvalue weighted by atomic mass is 9.78. The molecule has 1 aliphatic carbocycles. The molecule has 2 amide bonds. The molecule has 2 heterocycles. The van der Waals surface area contributed by atoms with E-state index in [0.717, 1.165) is 16.2 Å². The van der Waals surface area contributed by atoms with Crippen LogP contribution in [-0.4, -0.2) is 50.9 Å². The third-order valence-corrected chi connectivity index (χ3v) is 5.34. The molecule has 2 N–H and O–H groups in total. The van der Waals surface area contributed by atoms with E-state index in [0.29, 0.717) is 36.4 Å². The topological polar surface area (TPSA) is 94.0 Å². The molecule has 1 aromatic rings. The Balaban J connectivity index is 1.95. The first-order valence-electron chi connectivity index (χ1n) is 7.74. The van der Waals surface area contributed by atoms with Crippen LogP contribution in [0.1, 0.15) is 49.0 Å². The summed E-state index contributed by atoms with van der Waals surface area (Å²) in [5.74, 6) is 0.0205. The minimum Gasteiger partial charge on any atom is -0.369 e. The molecule has 2 aliphatic rings. The van der Waals surface area contributed by atoms with Crippen LogP contribution < -0.4 is 4.90 Å². The van der Waals surface area contributed by atoms with Gasteiger partial charge >= 0.3 is 6.03 Å². The van der Waals surface area contributed by atoms with Crippen molar-refractivity contribution in [1.29, 1.82) is 0 Å². The molecule has 1 aromatic heterocycles. The molecule has 2 unspecified atom stereocenters. The van der Waals surface area contributed by atoms with E-state index < -0.39 is 18.5 Å². The third-order valence-electron chi connectivity index (χ3n) is 4.20. The number of ketones is 1. The van der Waals surface area contributed by atoms with E-state index in [4.69, 9.17) is 0 Å². The Bertz CT molecular complexity index is 657. The summed E-state index contributed by atoms with van der Waals surface area (Å²) in [5, 5.41) is 20.5. The van der Waals surface area contributed by atoms with Gasteiger partial charge in [0.1, 0.15) is 0 Å². The standard InChI is InChI=1S/C15H21N3O4S/c1-4-5-17-11(20)12(21)18(14(17)22)13-16-8-6-15(2,3)7-9(19)10(8)23-13/h11-12,20-21H,4-7H2,1-3H3. The van der Waals surface area contributed by atoms with E-state index in [-0.39, 0.29) is 16.3 Å². The van der Waals surface area contributed by atoms with Gasteiger partial charge < -0.3 is 10.2 Å². The lowest BCUT2D eigenvalue weighted by Gasteiger charge is -2.26. The van der Waals surface area contributed by atoms with E-state index in [2.05, 4.69) is 4.98 Å². The second kappa shape index (κ2) is 5.54. The minimum absolute atomic E-state index is 0.0205. The molecule has 23 heavy (non-hydrogen) atoms. The van der Waals surface area contributed by atoms with Crippen LogP contribution in [0, 0.1) is 5.41 Å². The lowest BCUT2D eigenvalue weighted by Crippen LogP contribution is -2.37. The number of aliphatic hydroxyl groups is 2. The molecule has 7 nitrogen and oxygen atoms in total. The maximum atomic E-state index is 12.5. The number of amides is 2. The van der Waals surface area contributed by atoms with Crippen molar-refractivity contribution in [2.75, 3.05) is 11.4 Å². The predicted octanol–water partition coefficient (Wildman–Crippen LogP) is 1.59. The van der Waals surface area contributed by atoms with Gasteiger partial charge in [-0.1, -0.05) is 32.1 Å². The second-order valence-corrected chi connectivity index (χ2v) is 7.86. The van der Waals surface area contributed by atoms with Crippen molar-refractivity contribution >= 4 is 28.3 Å². The highest BCUT2D eigenvalue weighted by Crippen LogP contribution is 2.40. The van der Waals surface area contributed by atoms with Gasteiger partial charge in [-0.25, -0.2) is 14.7 Å². The maximum Gasteiger partial charge on any atom is 0.330 e. The Kier molecular flexibility index (Phi) is 3.94. The Hall–Kier alpha value is -1.51. The van der Waals surface area contributed by atoms with Crippen LogP contribution >= 0.6 is 11.3 Å². The fourth-order valence-electron chi connectivity index (χ4n) is 3.13. The van der Waals surface area contributed by atoms with Crippen LogP contribution in [0.3, 0.4) is 0 Å². The number of fused-ring (bicyclic) bond motifs is 1. The highest BCUT2D eigenvalue weighted by molar-refractivity contribution is 7.17. The van der Waals surface area contributed by atoms with Crippen LogP contribution in [0.5, 0.6) is 0 Å². The average Bonchev–Trinajstić information content (AvgIpc) is 2.93. The van der Waals surface area contributed by atoms with Crippen LogP contribution in [0.15, 0.2) is 0 Å². The van der Waals surface area contributed by atoms with Crippen molar-refractivity contribution in [1.82, 2.24) is 9.88 Å². The third kappa shape index (κ3) is 2.64. The van der Waals surface area contributed by atoms with E-state index in [1.54, 1.807) is 0 Å². The summed E-state index contributed by atoms with van der Waals surface area (Å²) < 4.78 is 0. The molecule has 126 valence electrons. The molecule has 0 aromatic carbocycles. The largest absolute Gasteiger partial charge is 0.369 e. The molecule has 0 bridgehead atoms. The van der Waals surface area contributed by atoms with Crippen molar-refractivity contribution in [3.05, 3.63) is 10.6 Å². The number of urea groups is 1. The second-order valence-electron chi connectivity index (χ2n) is 6.89. The van der Waals surface area contributed by atoms with Crippen molar-refractivity contribution < 1.29 is 19.8 Å². The fourth-order valence-corrected chi connectivity index (χ4v) is 4.18. The average molecular weight is 339 g/mol. The van der Waals surface area contributed by atoms with Crippen molar-refractivity contribution in [2.24, 2.45) is 5.41 Å². The van der Waals surface area contributed by atoms with Gasteiger partial charge in [0, 0.05) is 13.0 Å². The number of hydrogen-bond acceptors (Lipinski definition) is 6. The summed E-state index contributed by atoms with van der Waals surface area (Å²) in [7, 11) is 0. The molecule has 1 aliphatic heterocycles. The van der Waals surface area contributed by atoms with E-state index in [9.17, 15) is 19.8 Å². The van der Waals surface area contributed by atoms with Gasteiger partial charge in [0.05, 0.1) is 10.6 Å². The fraction of sp³-hybridized carbons (Fsp3) is 0.667. The van der Waals surface area contributed by atoms with Gasteiger partial charge in [-0.2, -0.15) is 0 Å². The monoisotopic (exact) mass is 339 g/mol. The number of anilines is 1. The van der Waals surface area contributed by atoms with Gasteiger partial charge in [-0.3, -0.25) is 9.69 Å². The summed E-state index contributed by atoms with van der Waals surface area (Å²) in [5.41, 5.74) is 0.520. The zero-order valence-corrected chi connectivity index (χ0v) is 14.3. The molecular weight excluding hydrogens is 318 g/mol. The molecule has 3 rings (SSSR count). The van der Waals surface area contributed by atoms with Gasteiger partial charge in [0.15, 0.2) is 23.4 Å². The Labute approximate surface area is 138 Å². The zero-order chi connectivity index (χ0) is 16.9. The Morgan fingerprint density at radius 1 is 1.26 bits per heavy atom. The molecule has 0 radical (unpaired) electrons. The first-order chi connectivity index (χ1) is 10.7. The van der Waals surface area contributed by atoms with E-state index in [1.807, 2.05) is 20.8 Å². The minimum atomic E-state index is -1.37. The molecule has 1 saturated heterocycles. The van der Waals surface area contributed by atoms with E-state index >= 15 is 0 Å². The molecule has 2 atom stereocenters. The summed E-state index contributed by atoms with van der Waals surface area (Å²) >= 11 is 1.12. The summed E-state index contributed by atoms with van der Waals surface area (Å²) in [4.78, 5) is 32.0. The normalized spacial score (nSPS) is 26.8. The number of carbonyl (C=O) groups excluding carboxylic acids is 2. The number of nitrogens with zero attached hydrogens (tertiary/aromatic N) is 3. The van der Waals surface area contributed by atoms with Crippen molar-refractivity contribution in [3.8, 4) is 0 Å². The smallest absolute Gasteiger partial charge is 0.330 e. The molecular formula is C15H21N3O4S. The number of thiazole rings is 1. The van der Waals surface area contributed by atoms with Gasteiger partial charge in [0.25, 0.3) is 0 Å². The summed E-state index contributed by atoms with van der Waals surface area (Å²) in [6.45, 7) is 6.26. The predicted molar refractivity (Wildman–Crippen MR) is 85.4 cm³/mol. The first-order valence-corrected chi connectivity index (χ1v) is 8.55. The van der Waals surface area contributed by atoms with Gasteiger partial charge in [0.2, 0.25) is 0 Å². The number of Topliss-reactive ketones (excluding diaryl/α,β-unsaturated/α-hetero) is 1. The highest BCUT2D eigenvalue weighted by Gasteiger charge is 2.46. The molecule has 0 saturated carbocycles. The number of hydrogen-bond donors (Lipinski definition) is 2. The number of carbonyl (C=O) groups is 2. The Morgan fingerprint density at radius 3 is 2.61 bits per heavy atom. The maximum absolute atomic E-state index is 12.5. The lowest BCUT2D eigenvalue weighted by molar-refractivity contribution is -0.0273.